The molecule has 2 atom stereocenters. The lowest BCUT2D eigenvalue weighted by molar-refractivity contribution is -0.125. The molecule has 8 heteroatoms. The van der Waals surface area contributed by atoms with E-state index in [1.807, 2.05) is 6.92 Å². The zero-order valence-corrected chi connectivity index (χ0v) is 11.7. The first-order valence-electron chi connectivity index (χ1n) is 5.60. The zero-order valence-electron chi connectivity index (χ0n) is 10.0. The Labute approximate surface area is 115 Å². The summed E-state index contributed by atoms with van der Waals surface area (Å²) in [5.74, 6) is -0.321. The number of carbonyl (C=O) groups is 1. The molecule has 0 radical (unpaired) electrons. The second-order valence-electron chi connectivity index (χ2n) is 4.16. The van der Waals surface area contributed by atoms with Crippen LogP contribution >= 0.6 is 24.2 Å². The maximum absolute atomic E-state index is 11.8. The SMILES string of the molecule is C[C@H]1C[C@@H](C(=O)NCCSC(F)(F)F)CCN1.Cl. The van der Waals surface area contributed by atoms with Crippen molar-refractivity contribution in [3.05, 3.63) is 0 Å². The Hall–Kier alpha value is -0.140. The van der Waals surface area contributed by atoms with E-state index in [0.29, 0.717) is 6.04 Å². The molecule has 0 bridgehead atoms. The molecule has 0 aromatic carbocycles. The number of hydrogen-bond donors (Lipinski definition) is 2. The summed E-state index contributed by atoms with van der Waals surface area (Å²) in [7, 11) is 0. The summed E-state index contributed by atoms with van der Waals surface area (Å²) in [5.41, 5.74) is -4.21. The van der Waals surface area contributed by atoms with E-state index in [0.717, 1.165) is 19.4 Å². The molecule has 0 aromatic heterocycles. The highest BCUT2D eigenvalue weighted by atomic mass is 35.5. The third-order valence-electron chi connectivity index (χ3n) is 2.66. The first-order valence-corrected chi connectivity index (χ1v) is 6.59. The predicted molar refractivity (Wildman–Crippen MR) is 69.0 cm³/mol. The van der Waals surface area contributed by atoms with Crippen molar-refractivity contribution in [1.82, 2.24) is 10.6 Å². The average Bonchev–Trinajstić information content (AvgIpc) is 2.23. The van der Waals surface area contributed by atoms with Gasteiger partial charge in [-0.3, -0.25) is 4.79 Å². The van der Waals surface area contributed by atoms with Crippen molar-refractivity contribution in [3.8, 4) is 0 Å². The minimum atomic E-state index is -4.21. The second-order valence-corrected chi connectivity index (χ2v) is 5.32. The van der Waals surface area contributed by atoms with Crippen molar-refractivity contribution in [2.45, 2.75) is 31.3 Å². The number of amides is 1. The highest BCUT2D eigenvalue weighted by Gasteiger charge is 2.28. The van der Waals surface area contributed by atoms with Gasteiger partial charge in [0.25, 0.3) is 0 Å². The van der Waals surface area contributed by atoms with Crippen LogP contribution in [0.1, 0.15) is 19.8 Å². The van der Waals surface area contributed by atoms with E-state index >= 15 is 0 Å². The molecule has 1 heterocycles. The minimum Gasteiger partial charge on any atom is -0.355 e. The van der Waals surface area contributed by atoms with E-state index in [-0.39, 0.29) is 48.3 Å². The molecule has 18 heavy (non-hydrogen) atoms. The van der Waals surface area contributed by atoms with Crippen LogP contribution in [-0.4, -0.2) is 36.3 Å². The average molecular weight is 307 g/mol. The standard InChI is InChI=1S/C10H17F3N2OS.ClH/c1-7-6-8(2-3-14-7)9(16)15-4-5-17-10(11,12)13;/h7-8,14H,2-6H2,1H3,(H,15,16);1H/t7-,8-;/m0./s1. The fraction of sp³-hybridized carbons (Fsp3) is 0.900. The largest absolute Gasteiger partial charge is 0.441 e. The van der Waals surface area contributed by atoms with E-state index in [9.17, 15) is 18.0 Å². The highest BCUT2D eigenvalue weighted by molar-refractivity contribution is 8.00. The van der Waals surface area contributed by atoms with Crippen molar-refractivity contribution >= 4 is 30.1 Å². The van der Waals surface area contributed by atoms with Crippen LogP contribution in [0, 0.1) is 5.92 Å². The number of thioether (sulfide) groups is 1. The number of nitrogens with one attached hydrogen (secondary N) is 2. The molecule has 2 N–H and O–H groups in total. The normalized spacial score (nSPS) is 24.2. The molecule has 0 aromatic rings. The van der Waals surface area contributed by atoms with Gasteiger partial charge in [-0.1, -0.05) is 0 Å². The molecule has 1 saturated heterocycles. The summed E-state index contributed by atoms with van der Waals surface area (Å²) in [6.07, 6.45) is 1.50. The maximum Gasteiger partial charge on any atom is 0.441 e. The van der Waals surface area contributed by atoms with Crippen molar-refractivity contribution < 1.29 is 18.0 Å². The number of rotatable bonds is 4. The van der Waals surface area contributed by atoms with E-state index in [1.165, 1.54) is 0 Å². The van der Waals surface area contributed by atoms with Gasteiger partial charge in [0.2, 0.25) is 5.91 Å². The Morgan fingerprint density at radius 2 is 2.17 bits per heavy atom. The Kier molecular flexibility index (Phi) is 8.05. The molecule has 1 amide bonds. The van der Waals surface area contributed by atoms with E-state index in [1.54, 1.807) is 0 Å². The number of carbonyl (C=O) groups excluding carboxylic acids is 1. The fourth-order valence-corrected chi connectivity index (χ4v) is 2.29. The molecule has 1 aliphatic rings. The van der Waals surface area contributed by atoms with E-state index in [4.69, 9.17) is 0 Å². The smallest absolute Gasteiger partial charge is 0.355 e. The quantitative estimate of drug-likeness (QED) is 0.782. The number of alkyl halides is 3. The van der Waals surface area contributed by atoms with Crippen molar-refractivity contribution in [2.24, 2.45) is 5.92 Å². The molecule has 0 saturated carbocycles. The molecular weight excluding hydrogens is 289 g/mol. The van der Waals surface area contributed by atoms with Gasteiger partial charge in [-0.05, 0) is 38.1 Å². The van der Waals surface area contributed by atoms with Gasteiger partial charge in [0.05, 0.1) is 0 Å². The van der Waals surface area contributed by atoms with E-state index in [2.05, 4.69) is 10.6 Å². The van der Waals surface area contributed by atoms with Crippen molar-refractivity contribution in [1.29, 1.82) is 0 Å². The molecule has 1 fully saturated rings. The molecule has 1 aliphatic heterocycles. The Balaban J connectivity index is 0.00000289. The molecule has 3 nitrogen and oxygen atoms in total. The zero-order chi connectivity index (χ0) is 12.9. The summed E-state index contributed by atoms with van der Waals surface area (Å²) in [4.78, 5) is 11.6. The summed E-state index contributed by atoms with van der Waals surface area (Å²) >= 11 is -0.104. The Morgan fingerprint density at radius 3 is 2.72 bits per heavy atom. The van der Waals surface area contributed by atoms with Gasteiger partial charge in [0, 0.05) is 24.3 Å². The summed E-state index contributed by atoms with van der Waals surface area (Å²) in [6.45, 7) is 2.86. The Morgan fingerprint density at radius 1 is 1.50 bits per heavy atom. The molecule has 0 unspecified atom stereocenters. The fourth-order valence-electron chi connectivity index (χ4n) is 1.86. The summed E-state index contributed by atoms with van der Waals surface area (Å²) in [5, 5.41) is 5.78. The number of piperidine rings is 1. The van der Waals surface area contributed by atoms with Gasteiger partial charge in [-0.15, -0.1) is 12.4 Å². The highest BCUT2D eigenvalue weighted by Crippen LogP contribution is 2.29. The van der Waals surface area contributed by atoms with Crippen LogP contribution in [-0.2, 0) is 4.79 Å². The minimum absolute atomic E-state index is 0. The predicted octanol–water partition coefficient (Wildman–Crippen LogP) is 2.17. The van der Waals surface area contributed by atoms with Gasteiger partial charge < -0.3 is 10.6 Å². The monoisotopic (exact) mass is 306 g/mol. The topological polar surface area (TPSA) is 41.1 Å². The van der Waals surface area contributed by atoms with Gasteiger partial charge >= 0.3 is 5.51 Å². The third-order valence-corrected chi connectivity index (χ3v) is 3.40. The third kappa shape index (κ3) is 7.33. The van der Waals surface area contributed by atoms with Crippen LogP contribution in [0.4, 0.5) is 13.2 Å². The molecule has 1 rings (SSSR count). The lowest BCUT2D eigenvalue weighted by Gasteiger charge is -2.27. The lowest BCUT2D eigenvalue weighted by atomic mass is 9.92. The first kappa shape index (κ1) is 17.9. The lowest BCUT2D eigenvalue weighted by Crippen LogP contribution is -2.42. The Bertz CT molecular complexity index is 266. The van der Waals surface area contributed by atoms with Crippen LogP contribution in [0.25, 0.3) is 0 Å². The van der Waals surface area contributed by atoms with Gasteiger partial charge in [0.15, 0.2) is 0 Å². The molecule has 0 spiro atoms. The van der Waals surface area contributed by atoms with Crippen molar-refractivity contribution in [2.75, 3.05) is 18.8 Å². The van der Waals surface area contributed by atoms with Gasteiger partial charge in [0.1, 0.15) is 0 Å². The van der Waals surface area contributed by atoms with Crippen LogP contribution in [0.5, 0.6) is 0 Å². The first-order chi connectivity index (χ1) is 7.88. The number of hydrogen-bond acceptors (Lipinski definition) is 3. The summed E-state index contributed by atoms with van der Waals surface area (Å²) < 4.78 is 35.5. The molecule has 108 valence electrons. The molecular formula is C10H18ClF3N2OS. The van der Waals surface area contributed by atoms with Crippen LogP contribution in [0.15, 0.2) is 0 Å². The van der Waals surface area contributed by atoms with Crippen LogP contribution in [0.3, 0.4) is 0 Å². The van der Waals surface area contributed by atoms with Gasteiger partial charge in [-0.25, -0.2) is 0 Å². The van der Waals surface area contributed by atoms with Crippen LogP contribution < -0.4 is 10.6 Å². The van der Waals surface area contributed by atoms with E-state index < -0.39 is 5.51 Å². The molecule has 0 aliphatic carbocycles. The van der Waals surface area contributed by atoms with Crippen molar-refractivity contribution in [3.63, 3.8) is 0 Å². The maximum atomic E-state index is 11.8. The number of halogens is 4. The second kappa shape index (κ2) is 8.12. The van der Waals surface area contributed by atoms with Crippen LogP contribution in [0.2, 0.25) is 0 Å². The summed E-state index contributed by atoms with van der Waals surface area (Å²) in [6, 6.07) is 0.295. The van der Waals surface area contributed by atoms with Gasteiger partial charge in [-0.2, -0.15) is 13.2 Å².